The molecule has 0 bridgehead atoms. The Labute approximate surface area is 221 Å². The van der Waals surface area contributed by atoms with Crippen molar-refractivity contribution in [2.24, 2.45) is 29.6 Å². The zero-order chi connectivity index (χ0) is 26.9. The Kier molecular flexibility index (Phi) is 10.7. The van der Waals surface area contributed by atoms with Crippen molar-refractivity contribution in [1.82, 2.24) is 0 Å². The van der Waals surface area contributed by atoms with Crippen LogP contribution in [0.5, 0.6) is 0 Å². The fourth-order valence-electron chi connectivity index (χ4n) is 5.71. The van der Waals surface area contributed by atoms with Crippen LogP contribution in [-0.4, -0.2) is 48.6 Å². The minimum Gasteiger partial charge on any atom is -0.462 e. The van der Waals surface area contributed by atoms with Gasteiger partial charge in [0, 0.05) is 11.8 Å². The number of fused-ring (bicyclic) bond motifs is 1. The highest BCUT2D eigenvalue weighted by Gasteiger charge is 2.33. The van der Waals surface area contributed by atoms with Crippen LogP contribution in [0, 0.1) is 29.6 Å². The lowest BCUT2D eigenvalue weighted by atomic mass is 9.70. The van der Waals surface area contributed by atoms with Gasteiger partial charge in [-0.25, -0.2) is 9.59 Å². The van der Waals surface area contributed by atoms with Gasteiger partial charge in [0.25, 0.3) is 0 Å². The molecule has 2 atom stereocenters. The normalized spacial score (nSPS) is 24.9. The summed E-state index contributed by atoms with van der Waals surface area (Å²) in [6.45, 7) is 10.4. The zero-order valence-corrected chi connectivity index (χ0v) is 22.3. The summed E-state index contributed by atoms with van der Waals surface area (Å²) in [4.78, 5) is 24.2. The Morgan fingerprint density at radius 1 is 0.973 bits per heavy atom. The lowest BCUT2D eigenvalue weighted by Crippen LogP contribution is -2.30. The van der Waals surface area contributed by atoms with Gasteiger partial charge in [0.1, 0.15) is 13.2 Å². The molecule has 0 heterocycles. The van der Waals surface area contributed by atoms with Crippen LogP contribution in [0.25, 0.3) is 0 Å². The number of aliphatic hydroxyl groups is 2. The number of ether oxygens (including phenoxy) is 2. The Morgan fingerprint density at radius 2 is 1.57 bits per heavy atom. The zero-order valence-electron chi connectivity index (χ0n) is 22.3. The average molecular weight is 511 g/mol. The summed E-state index contributed by atoms with van der Waals surface area (Å²) in [6.07, 6.45) is 18.9. The van der Waals surface area contributed by atoms with Gasteiger partial charge < -0.3 is 19.7 Å². The molecule has 1 fully saturated rings. The monoisotopic (exact) mass is 510 g/mol. The second-order valence-corrected chi connectivity index (χ2v) is 10.6. The van der Waals surface area contributed by atoms with Crippen LogP contribution in [0.3, 0.4) is 0 Å². The molecule has 0 aromatic rings. The molecule has 37 heavy (non-hydrogen) atoms. The smallest absolute Gasteiger partial charge is 0.335 e. The Morgan fingerprint density at radius 3 is 2.11 bits per heavy atom. The summed E-state index contributed by atoms with van der Waals surface area (Å²) in [7, 11) is 0. The number of hydrogen-bond acceptors (Lipinski definition) is 6. The molecule has 0 aliphatic heterocycles. The van der Waals surface area contributed by atoms with Gasteiger partial charge in [-0.05, 0) is 54.6 Å². The number of esters is 2. The molecule has 1 unspecified atom stereocenters. The molecular weight excluding hydrogens is 468 g/mol. The fourth-order valence-corrected chi connectivity index (χ4v) is 5.71. The largest absolute Gasteiger partial charge is 0.462 e. The van der Waals surface area contributed by atoms with Crippen LogP contribution in [0.2, 0.25) is 0 Å². The minimum absolute atomic E-state index is 0.0192. The maximum absolute atomic E-state index is 12.1. The molecule has 0 aromatic heterocycles. The fraction of sp³-hybridized carbons (Fsp3) is 0.548. The molecule has 3 rings (SSSR count). The number of aliphatic hydroxyl groups excluding tert-OH is 2. The highest BCUT2D eigenvalue weighted by molar-refractivity contribution is 5.88. The summed E-state index contributed by atoms with van der Waals surface area (Å²) >= 11 is 0. The molecule has 1 saturated carbocycles. The molecular formula is C31H42O6. The second kappa shape index (κ2) is 13.7. The summed E-state index contributed by atoms with van der Waals surface area (Å²) < 4.78 is 10.8. The van der Waals surface area contributed by atoms with E-state index in [9.17, 15) is 19.8 Å². The SMILES string of the molecule is C=C(CO)C(=O)OCC(COC(=O)C(=C)CO)C1=CC=C2C=C(C3CCC(CCC)CC3)C=CC2[C@H]1C. The molecule has 3 aliphatic rings. The van der Waals surface area contributed by atoms with E-state index in [1.165, 1.54) is 49.7 Å². The maximum Gasteiger partial charge on any atom is 0.335 e. The van der Waals surface area contributed by atoms with Crippen molar-refractivity contribution in [2.75, 3.05) is 26.4 Å². The number of hydrogen-bond donors (Lipinski definition) is 2. The second-order valence-electron chi connectivity index (χ2n) is 10.6. The lowest BCUT2D eigenvalue weighted by molar-refractivity contribution is -0.144. The minimum atomic E-state index is -0.683. The summed E-state index contributed by atoms with van der Waals surface area (Å²) in [6, 6.07) is 0. The van der Waals surface area contributed by atoms with Crippen LogP contribution >= 0.6 is 0 Å². The van der Waals surface area contributed by atoms with Crippen molar-refractivity contribution in [2.45, 2.75) is 52.4 Å². The molecule has 3 aliphatic carbocycles. The van der Waals surface area contributed by atoms with E-state index >= 15 is 0 Å². The van der Waals surface area contributed by atoms with E-state index in [1.54, 1.807) is 0 Å². The number of carbonyl (C=O) groups excluding carboxylic acids is 2. The van der Waals surface area contributed by atoms with Crippen LogP contribution in [0.15, 0.2) is 71.4 Å². The van der Waals surface area contributed by atoms with Gasteiger partial charge in [-0.3, -0.25) is 0 Å². The van der Waals surface area contributed by atoms with Crippen molar-refractivity contribution < 1.29 is 29.3 Å². The molecule has 2 N–H and O–H groups in total. The lowest BCUT2D eigenvalue weighted by Gasteiger charge is -2.36. The highest BCUT2D eigenvalue weighted by Crippen LogP contribution is 2.43. The van der Waals surface area contributed by atoms with Gasteiger partial charge in [-0.1, -0.05) is 75.8 Å². The molecule has 202 valence electrons. The van der Waals surface area contributed by atoms with Crippen molar-refractivity contribution in [3.63, 3.8) is 0 Å². The Balaban J connectivity index is 1.75. The van der Waals surface area contributed by atoms with Gasteiger partial charge in [-0.2, -0.15) is 0 Å². The van der Waals surface area contributed by atoms with Gasteiger partial charge in [0.05, 0.1) is 24.4 Å². The summed E-state index contributed by atoms with van der Waals surface area (Å²) in [5, 5.41) is 18.3. The van der Waals surface area contributed by atoms with Crippen LogP contribution in [0.4, 0.5) is 0 Å². The van der Waals surface area contributed by atoms with Crippen molar-refractivity contribution in [1.29, 1.82) is 0 Å². The highest BCUT2D eigenvalue weighted by atomic mass is 16.5. The Bertz CT molecular complexity index is 957. The van der Waals surface area contributed by atoms with Crippen molar-refractivity contribution >= 4 is 11.9 Å². The first kappa shape index (κ1) is 28.9. The molecule has 0 amide bonds. The molecule has 0 saturated heterocycles. The maximum atomic E-state index is 12.1. The van der Waals surface area contributed by atoms with E-state index in [-0.39, 0.29) is 42.1 Å². The number of carbonyl (C=O) groups is 2. The third-order valence-electron chi connectivity index (χ3n) is 8.02. The van der Waals surface area contributed by atoms with Crippen molar-refractivity contribution in [3.8, 4) is 0 Å². The van der Waals surface area contributed by atoms with E-state index in [0.717, 1.165) is 11.5 Å². The van der Waals surface area contributed by atoms with Crippen LogP contribution in [-0.2, 0) is 19.1 Å². The first-order valence-electron chi connectivity index (χ1n) is 13.5. The predicted octanol–water partition coefficient (Wildman–Crippen LogP) is 5.01. The third kappa shape index (κ3) is 7.42. The van der Waals surface area contributed by atoms with Crippen molar-refractivity contribution in [3.05, 3.63) is 71.4 Å². The van der Waals surface area contributed by atoms with E-state index < -0.39 is 25.2 Å². The number of rotatable bonds is 12. The predicted molar refractivity (Wildman–Crippen MR) is 144 cm³/mol. The summed E-state index contributed by atoms with van der Waals surface area (Å²) in [5.41, 5.74) is 3.65. The van der Waals surface area contributed by atoms with E-state index in [4.69, 9.17) is 9.47 Å². The van der Waals surface area contributed by atoms with E-state index in [2.05, 4.69) is 57.4 Å². The molecule has 0 spiro atoms. The molecule has 0 radical (unpaired) electrons. The third-order valence-corrected chi connectivity index (χ3v) is 8.02. The molecule has 0 aromatic carbocycles. The van der Waals surface area contributed by atoms with Gasteiger partial charge in [0.15, 0.2) is 0 Å². The first-order valence-corrected chi connectivity index (χ1v) is 13.5. The number of allylic oxidation sites excluding steroid dienone is 7. The van der Waals surface area contributed by atoms with Gasteiger partial charge in [-0.15, -0.1) is 0 Å². The quantitative estimate of drug-likeness (QED) is 0.283. The first-order chi connectivity index (χ1) is 17.8. The van der Waals surface area contributed by atoms with Crippen LogP contribution in [0.1, 0.15) is 52.4 Å². The standard InChI is InChI=1S/C31H42O6/c1-5-6-23-7-9-24(10-8-23)25-11-13-28-22(4)29(14-12-26(28)15-25)27(18-36-30(34)20(2)16-32)19-37-31(35)21(3)17-33/h11-15,22-24,27-28,32-33H,2-3,5-10,16-19H2,1,4H3/t22-,23?,24?,28?/m1/s1. The van der Waals surface area contributed by atoms with Gasteiger partial charge >= 0.3 is 11.9 Å². The molecule has 6 heteroatoms. The Hall–Kier alpha value is -2.70. The summed E-state index contributed by atoms with van der Waals surface area (Å²) in [5.74, 6) is 0.0536. The van der Waals surface area contributed by atoms with E-state index in [1.807, 2.05) is 0 Å². The van der Waals surface area contributed by atoms with E-state index in [0.29, 0.717) is 5.92 Å². The molecule has 6 nitrogen and oxygen atoms in total. The topological polar surface area (TPSA) is 93.1 Å². The average Bonchev–Trinajstić information content (AvgIpc) is 2.92. The van der Waals surface area contributed by atoms with Gasteiger partial charge in [0.2, 0.25) is 0 Å². The van der Waals surface area contributed by atoms with Crippen LogP contribution < -0.4 is 0 Å².